The van der Waals surface area contributed by atoms with Gasteiger partial charge in [-0.3, -0.25) is 4.79 Å². The fourth-order valence-corrected chi connectivity index (χ4v) is 3.66. The Morgan fingerprint density at radius 3 is 2.52 bits per heavy atom. The van der Waals surface area contributed by atoms with Gasteiger partial charge in [0, 0.05) is 19.3 Å². The number of nitrogens with zero attached hydrogens (tertiary/aromatic N) is 1. The van der Waals surface area contributed by atoms with Crippen LogP contribution in [0.25, 0.3) is 0 Å². The van der Waals surface area contributed by atoms with Crippen LogP contribution in [0.5, 0.6) is 0 Å². The number of carbonyl (C=O) groups is 1. The second kappa shape index (κ2) is 6.56. The number of amides is 1. The number of nitrogens with one attached hydrogen (secondary N) is 2. The lowest BCUT2D eigenvalue weighted by molar-refractivity contribution is 0.0875. The molecule has 1 saturated heterocycles. The van der Waals surface area contributed by atoms with Crippen molar-refractivity contribution in [2.75, 3.05) is 26.3 Å². The highest BCUT2D eigenvalue weighted by Gasteiger charge is 2.28. The van der Waals surface area contributed by atoms with E-state index in [4.69, 9.17) is 10.2 Å². The summed E-state index contributed by atoms with van der Waals surface area (Å²) in [4.78, 5) is 14.5. The summed E-state index contributed by atoms with van der Waals surface area (Å²) in [6.07, 6.45) is 2.95. The first-order valence-corrected chi connectivity index (χ1v) is 8.14. The summed E-state index contributed by atoms with van der Waals surface area (Å²) in [5, 5.41) is 20.2. The smallest absolute Gasteiger partial charge is 0.268 e. The molecule has 0 aliphatic carbocycles. The average Bonchev–Trinajstić information content (AvgIpc) is 3.14. The van der Waals surface area contributed by atoms with Crippen LogP contribution in [0.4, 0.5) is 0 Å². The molecule has 0 unspecified atom stereocenters. The van der Waals surface area contributed by atoms with E-state index in [-0.39, 0.29) is 10.6 Å². The number of aromatic nitrogens is 1. The van der Waals surface area contributed by atoms with Gasteiger partial charge in [0.25, 0.3) is 5.91 Å². The number of aromatic amines is 1. The summed E-state index contributed by atoms with van der Waals surface area (Å²) in [6, 6.07) is 0.480. The molecular weight excluding hydrogens is 298 g/mol. The van der Waals surface area contributed by atoms with E-state index in [1.807, 2.05) is 0 Å². The molecule has 1 aromatic heterocycles. The first kappa shape index (κ1) is 16.0. The van der Waals surface area contributed by atoms with Crippen LogP contribution in [0.3, 0.4) is 0 Å². The van der Waals surface area contributed by atoms with Crippen molar-refractivity contribution in [3.63, 3.8) is 0 Å². The Kier molecular flexibility index (Phi) is 4.99. The second-order valence-corrected chi connectivity index (χ2v) is 6.83. The topological polar surface area (TPSA) is 123 Å². The van der Waals surface area contributed by atoms with Gasteiger partial charge in [-0.05, 0) is 18.9 Å². The van der Waals surface area contributed by atoms with E-state index >= 15 is 0 Å². The zero-order chi connectivity index (χ0) is 15.5. The van der Waals surface area contributed by atoms with Gasteiger partial charge in [0.05, 0.1) is 19.3 Å². The molecule has 1 aliphatic rings. The predicted octanol–water partition coefficient (Wildman–Crippen LogP) is -1.12. The number of hydrogen-bond donors (Lipinski definition) is 4. The highest BCUT2D eigenvalue weighted by Crippen LogP contribution is 2.21. The van der Waals surface area contributed by atoms with Gasteiger partial charge in [-0.1, -0.05) is 0 Å². The monoisotopic (exact) mass is 317 g/mol. The molecule has 2 heterocycles. The third-order valence-corrected chi connectivity index (χ3v) is 5.26. The van der Waals surface area contributed by atoms with Crippen molar-refractivity contribution in [1.29, 1.82) is 0 Å². The highest BCUT2D eigenvalue weighted by atomic mass is 32.2. The van der Waals surface area contributed by atoms with Gasteiger partial charge in [-0.15, -0.1) is 0 Å². The Bertz CT molecular complexity index is 588. The molecule has 0 saturated carbocycles. The molecule has 1 aromatic rings. The zero-order valence-electron chi connectivity index (χ0n) is 11.4. The summed E-state index contributed by atoms with van der Waals surface area (Å²) in [5.41, 5.74) is 0.0691. The van der Waals surface area contributed by atoms with Gasteiger partial charge >= 0.3 is 0 Å². The van der Waals surface area contributed by atoms with E-state index < -0.39 is 35.2 Å². The minimum atomic E-state index is -3.57. The molecule has 1 amide bonds. The molecule has 21 heavy (non-hydrogen) atoms. The SMILES string of the molecule is O=C(NC(CO)CO)c1cc(S(=O)(=O)N2CCCC2)c[nH]1. The van der Waals surface area contributed by atoms with Crippen molar-refractivity contribution in [2.45, 2.75) is 23.8 Å². The summed E-state index contributed by atoms with van der Waals surface area (Å²) in [7, 11) is -3.57. The fraction of sp³-hybridized carbons (Fsp3) is 0.583. The molecule has 9 heteroatoms. The largest absolute Gasteiger partial charge is 0.394 e. The molecule has 1 fully saturated rings. The normalized spacial score (nSPS) is 16.5. The standard InChI is InChI=1S/C12H19N3O5S/c16-7-9(8-17)14-12(18)11-5-10(6-13-11)21(19,20)15-3-1-2-4-15/h5-6,9,13,16-17H,1-4,7-8H2,(H,14,18). The Labute approximate surface area is 122 Å². The van der Waals surface area contributed by atoms with Gasteiger partial charge in [0.15, 0.2) is 0 Å². The molecule has 0 aromatic carbocycles. The second-order valence-electron chi connectivity index (χ2n) is 4.90. The van der Waals surface area contributed by atoms with Crippen LogP contribution < -0.4 is 5.32 Å². The summed E-state index contributed by atoms with van der Waals surface area (Å²) >= 11 is 0. The van der Waals surface area contributed by atoms with E-state index in [2.05, 4.69) is 10.3 Å². The van der Waals surface area contributed by atoms with Crippen molar-refractivity contribution in [3.05, 3.63) is 18.0 Å². The number of rotatable bonds is 6. The Hall–Kier alpha value is -1.42. The molecule has 8 nitrogen and oxygen atoms in total. The predicted molar refractivity (Wildman–Crippen MR) is 74.2 cm³/mol. The van der Waals surface area contributed by atoms with Crippen molar-refractivity contribution < 1.29 is 23.4 Å². The Morgan fingerprint density at radius 2 is 1.95 bits per heavy atom. The van der Waals surface area contributed by atoms with Gasteiger partial charge in [-0.25, -0.2) is 8.42 Å². The first-order chi connectivity index (χ1) is 9.98. The molecule has 0 atom stereocenters. The number of hydrogen-bond acceptors (Lipinski definition) is 5. The van der Waals surface area contributed by atoms with E-state index in [0.29, 0.717) is 13.1 Å². The van der Waals surface area contributed by atoms with Crippen LogP contribution in [-0.2, 0) is 10.0 Å². The third-order valence-electron chi connectivity index (χ3n) is 3.38. The molecule has 0 radical (unpaired) electrons. The molecular formula is C12H19N3O5S. The van der Waals surface area contributed by atoms with Gasteiger partial charge in [0.2, 0.25) is 10.0 Å². The molecule has 0 spiro atoms. The Balaban J connectivity index is 2.12. The van der Waals surface area contributed by atoms with E-state index in [9.17, 15) is 13.2 Å². The number of H-pyrrole nitrogens is 1. The van der Waals surface area contributed by atoms with Crippen LogP contribution in [0.15, 0.2) is 17.2 Å². The minimum Gasteiger partial charge on any atom is -0.394 e. The van der Waals surface area contributed by atoms with Crippen molar-refractivity contribution in [3.8, 4) is 0 Å². The summed E-state index contributed by atoms with van der Waals surface area (Å²) < 4.78 is 26.0. The maximum absolute atomic E-state index is 12.3. The lowest BCUT2D eigenvalue weighted by atomic mass is 10.3. The minimum absolute atomic E-state index is 0.0408. The molecule has 118 valence electrons. The highest BCUT2D eigenvalue weighted by molar-refractivity contribution is 7.89. The average molecular weight is 317 g/mol. The van der Waals surface area contributed by atoms with Crippen LogP contribution in [-0.4, -0.2) is 66.2 Å². The number of carbonyl (C=O) groups excluding carboxylic acids is 1. The maximum atomic E-state index is 12.3. The van der Waals surface area contributed by atoms with Gasteiger partial charge < -0.3 is 20.5 Å². The lowest BCUT2D eigenvalue weighted by Crippen LogP contribution is -2.40. The molecule has 0 bridgehead atoms. The van der Waals surface area contributed by atoms with Crippen LogP contribution in [0.1, 0.15) is 23.3 Å². The Morgan fingerprint density at radius 1 is 1.33 bits per heavy atom. The molecule has 2 rings (SSSR count). The van der Waals surface area contributed by atoms with Crippen molar-refractivity contribution in [1.82, 2.24) is 14.6 Å². The van der Waals surface area contributed by atoms with E-state index in [0.717, 1.165) is 12.8 Å². The quantitative estimate of drug-likeness (QED) is 0.529. The fourth-order valence-electron chi connectivity index (χ4n) is 2.14. The molecule has 4 N–H and O–H groups in total. The first-order valence-electron chi connectivity index (χ1n) is 6.70. The number of aliphatic hydroxyl groups is 2. The number of aliphatic hydroxyl groups excluding tert-OH is 2. The third kappa shape index (κ3) is 3.43. The van der Waals surface area contributed by atoms with Crippen LogP contribution in [0, 0.1) is 0 Å². The van der Waals surface area contributed by atoms with Crippen molar-refractivity contribution in [2.24, 2.45) is 0 Å². The van der Waals surface area contributed by atoms with Gasteiger partial charge in [0.1, 0.15) is 10.6 Å². The number of sulfonamides is 1. The summed E-state index contributed by atoms with van der Waals surface area (Å²) in [6.45, 7) is 0.183. The van der Waals surface area contributed by atoms with E-state index in [1.54, 1.807) is 0 Å². The van der Waals surface area contributed by atoms with Crippen LogP contribution in [0.2, 0.25) is 0 Å². The van der Waals surface area contributed by atoms with Crippen LogP contribution >= 0.6 is 0 Å². The summed E-state index contributed by atoms with van der Waals surface area (Å²) in [5.74, 6) is -0.578. The van der Waals surface area contributed by atoms with Gasteiger partial charge in [-0.2, -0.15) is 4.31 Å². The zero-order valence-corrected chi connectivity index (χ0v) is 12.3. The maximum Gasteiger partial charge on any atom is 0.268 e. The van der Waals surface area contributed by atoms with E-state index in [1.165, 1.54) is 16.6 Å². The van der Waals surface area contributed by atoms with Crippen molar-refractivity contribution >= 4 is 15.9 Å². The molecule has 1 aliphatic heterocycles. The lowest BCUT2D eigenvalue weighted by Gasteiger charge is -2.13.